The van der Waals surface area contributed by atoms with Crippen molar-refractivity contribution in [3.8, 4) is 11.4 Å². The van der Waals surface area contributed by atoms with Crippen LogP contribution in [-0.4, -0.2) is 26.7 Å². The Morgan fingerprint density at radius 1 is 1.04 bits per heavy atom. The molecule has 0 atom stereocenters. The number of amides is 1. The molecule has 0 radical (unpaired) electrons. The van der Waals surface area contributed by atoms with Crippen molar-refractivity contribution in [3.63, 3.8) is 0 Å². The minimum absolute atomic E-state index is 0.245. The number of carbonyl (C=O) groups is 1. The molecule has 1 aliphatic heterocycles. The van der Waals surface area contributed by atoms with Crippen molar-refractivity contribution in [2.75, 3.05) is 10.8 Å². The van der Waals surface area contributed by atoms with Gasteiger partial charge in [-0.2, -0.15) is 4.68 Å². The van der Waals surface area contributed by atoms with Crippen molar-refractivity contribution in [3.05, 3.63) is 60.4 Å². The van der Waals surface area contributed by atoms with Gasteiger partial charge in [-0.05, 0) is 36.4 Å². The number of fused-ring (bicyclic) bond motifs is 1. The number of benzene rings is 2. The number of thioether (sulfide) groups is 1. The highest BCUT2D eigenvalue weighted by Crippen LogP contribution is 2.29. The molecule has 2 heterocycles. The Balaban J connectivity index is 1.69. The Bertz CT molecular complexity index is 864. The molecule has 0 spiro atoms. The number of nitrogens with zero attached hydrogens (tertiary/aromatic N) is 4. The second-order valence-electron chi connectivity index (χ2n) is 4.96. The third-order valence-corrected chi connectivity index (χ3v) is 4.39. The number of hydrogen-bond acceptors (Lipinski definition) is 4. The Morgan fingerprint density at radius 2 is 1.78 bits per heavy atom. The van der Waals surface area contributed by atoms with Crippen LogP contribution >= 0.6 is 11.8 Å². The Morgan fingerprint density at radius 3 is 2.52 bits per heavy atom. The van der Waals surface area contributed by atoms with E-state index in [0.29, 0.717) is 22.4 Å². The lowest BCUT2D eigenvalue weighted by atomic mass is 10.2. The van der Waals surface area contributed by atoms with Crippen LogP contribution in [-0.2, 0) is 0 Å². The molecular formula is C16H11FN4OS. The smallest absolute Gasteiger partial charge is 0.282 e. The molecule has 0 saturated heterocycles. The summed E-state index contributed by atoms with van der Waals surface area (Å²) in [6, 6.07) is 15.1. The molecule has 0 saturated carbocycles. The molecule has 0 unspecified atom stereocenters. The Kier molecular flexibility index (Phi) is 3.34. The van der Waals surface area contributed by atoms with Crippen LogP contribution in [0.4, 0.5) is 14.9 Å². The second kappa shape index (κ2) is 5.51. The maximum absolute atomic E-state index is 13.0. The summed E-state index contributed by atoms with van der Waals surface area (Å²) in [6.45, 7) is 0. The standard InChI is InChI=1S/C16H11FN4OS/c17-12-8-6-11(7-9-12)14-18-15-21(19-14)16(22)20(10-23-15)13-4-2-1-3-5-13/h1-9H,10H2. The quantitative estimate of drug-likeness (QED) is 0.722. The largest absolute Gasteiger partial charge is 0.352 e. The summed E-state index contributed by atoms with van der Waals surface area (Å²) in [6.07, 6.45) is 0. The molecule has 0 aliphatic carbocycles. The summed E-state index contributed by atoms with van der Waals surface area (Å²) >= 11 is 1.43. The fourth-order valence-electron chi connectivity index (χ4n) is 2.32. The van der Waals surface area contributed by atoms with Gasteiger partial charge in [-0.15, -0.1) is 5.10 Å². The van der Waals surface area contributed by atoms with E-state index in [1.165, 1.54) is 28.6 Å². The fourth-order valence-corrected chi connectivity index (χ4v) is 3.22. The summed E-state index contributed by atoms with van der Waals surface area (Å²) < 4.78 is 14.3. The number of halogens is 1. The van der Waals surface area contributed by atoms with Gasteiger partial charge in [-0.1, -0.05) is 30.0 Å². The zero-order chi connectivity index (χ0) is 15.8. The van der Waals surface area contributed by atoms with E-state index in [1.807, 2.05) is 30.3 Å². The minimum Gasteiger partial charge on any atom is -0.282 e. The van der Waals surface area contributed by atoms with Crippen molar-refractivity contribution < 1.29 is 9.18 Å². The maximum Gasteiger partial charge on any atom is 0.352 e. The Labute approximate surface area is 135 Å². The van der Waals surface area contributed by atoms with E-state index in [2.05, 4.69) is 10.1 Å². The van der Waals surface area contributed by atoms with Gasteiger partial charge in [0.1, 0.15) is 5.82 Å². The summed E-state index contributed by atoms with van der Waals surface area (Å²) in [4.78, 5) is 18.6. The van der Waals surface area contributed by atoms with Crippen LogP contribution in [0.2, 0.25) is 0 Å². The molecule has 7 heteroatoms. The summed E-state index contributed by atoms with van der Waals surface area (Å²) in [5.74, 6) is 0.568. The first-order chi connectivity index (χ1) is 11.2. The fraction of sp³-hybridized carbons (Fsp3) is 0.0625. The van der Waals surface area contributed by atoms with Gasteiger partial charge in [0, 0.05) is 11.3 Å². The van der Waals surface area contributed by atoms with E-state index >= 15 is 0 Å². The van der Waals surface area contributed by atoms with Crippen LogP contribution in [0.15, 0.2) is 59.8 Å². The Hall–Kier alpha value is -2.67. The number of carbonyl (C=O) groups excluding carboxylic acids is 1. The molecule has 3 aromatic rings. The second-order valence-corrected chi connectivity index (χ2v) is 5.87. The van der Waals surface area contributed by atoms with Crippen molar-refractivity contribution in [1.29, 1.82) is 0 Å². The predicted molar refractivity (Wildman–Crippen MR) is 85.9 cm³/mol. The average Bonchev–Trinajstić information content (AvgIpc) is 3.02. The molecular weight excluding hydrogens is 315 g/mol. The minimum atomic E-state index is -0.321. The number of para-hydroxylation sites is 1. The zero-order valence-electron chi connectivity index (χ0n) is 11.9. The van der Waals surface area contributed by atoms with Crippen LogP contribution in [0, 0.1) is 5.82 Å². The van der Waals surface area contributed by atoms with Gasteiger partial charge in [-0.25, -0.2) is 14.2 Å². The van der Waals surface area contributed by atoms with Gasteiger partial charge in [0.25, 0.3) is 0 Å². The van der Waals surface area contributed by atoms with E-state index in [9.17, 15) is 9.18 Å². The third kappa shape index (κ3) is 2.49. The first-order valence-corrected chi connectivity index (χ1v) is 7.94. The highest BCUT2D eigenvalue weighted by molar-refractivity contribution is 7.99. The van der Waals surface area contributed by atoms with E-state index in [-0.39, 0.29) is 11.8 Å². The number of anilines is 1. The van der Waals surface area contributed by atoms with E-state index in [4.69, 9.17) is 0 Å². The molecule has 1 amide bonds. The molecule has 1 aliphatic rings. The van der Waals surface area contributed by atoms with E-state index in [0.717, 1.165) is 5.69 Å². The van der Waals surface area contributed by atoms with Crippen molar-refractivity contribution in [2.24, 2.45) is 0 Å². The number of aromatic nitrogens is 3. The van der Waals surface area contributed by atoms with Gasteiger partial charge in [0.2, 0.25) is 0 Å². The predicted octanol–water partition coefficient (Wildman–Crippen LogP) is 3.62. The zero-order valence-corrected chi connectivity index (χ0v) is 12.7. The molecule has 114 valence electrons. The highest BCUT2D eigenvalue weighted by Gasteiger charge is 2.29. The molecule has 23 heavy (non-hydrogen) atoms. The van der Waals surface area contributed by atoms with Gasteiger partial charge >= 0.3 is 6.03 Å². The first-order valence-electron chi connectivity index (χ1n) is 6.95. The summed E-state index contributed by atoms with van der Waals surface area (Å²) in [5.41, 5.74) is 1.49. The van der Waals surface area contributed by atoms with Crippen molar-refractivity contribution in [1.82, 2.24) is 14.8 Å². The first kappa shape index (κ1) is 14.0. The van der Waals surface area contributed by atoms with Crippen molar-refractivity contribution >= 4 is 23.5 Å². The molecule has 0 N–H and O–H groups in total. The SMILES string of the molecule is O=C1N(c2ccccc2)CSc2nc(-c3ccc(F)cc3)nn21. The van der Waals surface area contributed by atoms with Gasteiger partial charge in [-0.3, -0.25) is 4.90 Å². The van der Waals surface area contributed by atoms with Crippen LogP contribution in [0.5, 0.6) is 0 Å². The molecule has 0 fully saturated rings. The number of rotatable bonds is 2. The monoisotopic (exact) mass is 326 g/mol. The van der Waals surface area contributed by atoms with Gasteiger partial charge in [0.15, 0.2) is 11.0 Å². The molecule has 0 bridgehead atoms. The third-order valence-electron chi connectivity index (χ3n) is 3.48. The number of hydrogen-bond donors (Lipinski definition) is 0. The van der Waals surface area contributed by atoms with Gasteiger partial charge in [0.05, 0.1) is 5.88 Å². The molecule has 4 rings (SSSR count). The van der Waals surface area contributed by atoms with Crippen LogP contribution < -0.4 is 4.90 Å². The molecule has 5 nitrogen and oxygen atoms in total. The van der Waals surface area contributed by atoms with Crippen LogP contribution in [0.25, 0.3) is 11.4 Å². The van der Waals surface area contributed by atoms with Crippen molar-refractivity contribution in [2.45, 2.75) is 5.16 Å². The lowest BCUT2D eigenvalue weighted by Gasteiger charge is -2.25. The lowest BCUT2D eigenvalue weighted by Crippen LogP contribution is -2.38. The summed E-state index contributed by atoms with van der Waals surface area (Å²) in [7, 11) is 0. The van der Waals surface area contributed by atoms with Gasteiger partial charge < -0.3 is 0 Å². The normalized spacial score (nSPS) is 14.0. The molecule has 1 aromatic heterocycles. The average molecular weight is 326 g/mol. The molecule has 2 aromatic carbocycles. The van der Waals surface area contributed by atoms with Crippen LogP contribution in [0.1, 0.15) is 0 Å². The lowest BCUT2D eigenvalue weighted by molar-refractivity contribution is 0.243. The van der Waals surface area contributed by atoms with Crippen LogP contribution in [0.3, 0.4) is 0 Å². The topological polar surface area (TPSA) is 51.0 Å². The van der Waals surface area contributed by atoms with E-state index in [1.54, 1.807) is 17.0 Å². The van der Waals surface area contributed by atoms with E-state index < -0.39 is 0 Å². The summed E-state index contributed by atoms with van der Waals surface area (Å²) in [5, 5.41) is 4.82. The highest BCUT2D eigenvalue weighted by atomic mass is 32.2. The maximum atomic E-state index is 13.0.